The SMILES string of the molecule is FC(F)(F)c1nccc2n[nH]c(Cl)c12. The molecule has 0 amide bonds. The van der Waals surface area contributed by atoms with Gasteiger partial charge in [-0.25, -0.2) is 0 Å². The van der Waals surface area contributed by atoms with Gasteiger partial charge in [-0.3, -0.25) is 10.1 Å². The molecule has 14 heavy (non-hydrogen) atoms. The first-order valence-electron chi connectivity index (χ1n) is 3.56. The summed E-state index contributed by atoms with van der Waals surface area (Å²) in [7, 11) is 0. The molecule has 0 aliphatic heterocycles. The second-order valence-corrected chi connectivity index (χ2v) is 2.97. The van der Waals surface area contributed by atoms with Gasteiger partial charge in [0.1, 0.15) is 5.15 Å². The van der Waals surface area contributed by atoms with E-state index in [1.807, 2.05) is 0 Å². The number of hydrogen-bond acceptors (Lipinski definition) is 2. The molecule has 0 aliphatic carbocycles. The van der Waals surface area contributed by atoms with Crippen LogP contribution in [0, 0.1) is 0 Å². The molecule has 2 aromatic rings. The molecule has 0 aliphatic rings. The molecule has 0 aromatic carbocycles. The van der Waals surface area contributed by atoms with Gasteiger partial charge in [-0.05, 0) is 6.07 Å². The zero-order chi connectivity index (χ0) is 10.3. The van der Waals surface area contributed by atoms with Crippen molar-refractivity contribution >= 4 is 22.5 Å². The molecular formula is C7H3ClF3N3. The second kappa shape index (κ2) is 2.84. The molecule has 0 fully saturated rings. The van der Waals surface area contributed by atoms with Crippen molar-refractivity contribution in [2.24, 2.45) is 0 Å². The fraction of sp³-hybridized carbons (Fsp3) is 0.143. The third-order valence-corrected chi connectivity index (χ3v) is 1.96. The summed E-state index contributed by atoms with van der Waals surface area (Å²) in [6.07, 6.45) is -3.48. The monoisotopic (exact) mass is 221 g/mol. The number of halogens is 4. The molecule has 3 nitrogen and oxygen atoms in total. The molecule has 74 valence electrons. The second-order valence-electron chi connectivity index (χ2n) is 2.59. The molecule has 2 rings (SSSR count). The molecule has 1 N–H and O–H groups in total. The summed E-state index contributed by atoms with van der Waals surface area (Å²) in [5.41, 5.74) is -0.869. The maximum atomic E-state index is 12.4. The summed E-state index contributed by atoms with van der Waals surface area (Å²) in [6, 6.07) is 1.35. The topological polar surface area (TPSA) is 41.6 Å². The first-order valence-corrected chi connectivity index (χ1v) is 3.93. The van der Waals surface area contributed by atoms with Gasteiger partial charge in [0.25, 0.3) is 0 Å². The first-order chi connectivity index (χ1) is 6.50. The van der Waals surface area contributed by atoms with Crippen LogP contribution >= 0.6 is 11.6 Å². The predicted molar refractivity (Wildman–Crippen MR) is 43.9 cm³/mol. The van der Waals surface area contributed by atoms with Gasteiger partial charge < -0.3 is 0 Å². The van der Waals surface area contributed by atoms with Crippen LogP contribution in [-0.4, -0.2) is 15.2 Å². The van der Waals surface area contributed by atoms with Crippen molar-refractivity contribution < 1.29 is 13.2 Å². The molecule has 0 unspecified atom stereocenters. The van der Waals surface area contributed by atoms with Crippen LogP contribution in [0.1, 0.15) is 5.69 Å². The van der Waals surface area contributed by atoms with E-state index < -0.39 is 11.9 Å². The Morgan fingerprint density at radius 1 is 1.36 bits per heavy atom. The summed E-state index contributed by atoms with van der Waals surface area (Å²) in [4.78, 5) is 3.24. The third kappa shape index (κ3) is 1.31. The Balaban J connectivity index is 2.82. The average Bonchev–Trinajstić information content (AvgIpc) is 2.46. The Kier molecular flexibility index (Phi) is 1.88. The Bertz CT molecular complexity index is 476. The Morgan fingerprint density at radius 3 is 2.71 bits per heavy atom. The van der Waals surface area contributed by atoms with E-state index in [1.165, 1.54) is 6.07 Å². The van der Waals surface area contributed by atoms with Crippen molar-refractivity contribution in [3.05, 3.63) is 23.1 Å². The highest BCUT2D eigenvalue weighted by Crippen LogP contribution is 2.35. The number of nitrogens with one attached hydrogen (secondary N) is 1. The number of nitrogens with zero attached hydrogens (tertiary/aromatic N) is 2. The highest BCUT2D eigenvalue weighted by molar-refractivity contribution is 6.34. The molecule has 2 heterocycles. The van der Waals surface area contributed by atoms with Crippen molar-refractivity contribution in [3.8, 4) is 0 Å². The minimum atomic E-state index is -4.52. The highest BCUT2D eigenvalue weighted by atomic mass is 35.5. The normalized spacial score (nSPS) is 12.3. The van der Waals surface area contributed by atoms with Gasteiger partial charge in [0.2, 0.25) is 0 Å². The average molecular weight is 222 g/mol. The van der Waals surface area contributed by atoms with Gasteiger partial charge in [-0.1, -0.05) is 11.6 Å². The van der Waals surface area contributed by atoms with Crippen LogP contribution in [0.15, 0.2) is 12.3 Å². The number of pyridine rings is 1. The summed E-state index contributed by atoms with van der Waals surface area (Å²) >= 11 is 5.53. The van der Waals surface area contributed by atoms with Crippen molar-refractivity contribution in [3.63, 3.8) is 0 Å². The molecule has 2 aromatic heterocycles. The lowest BCUT2D eigenvalue weighted by atomic mass is 10.2. The van der Waals surface area contributed by atoms with Gasteiger partial charge in [0.05, 0.1) is 10.9 Å². The van der Waals surface area contributed by atoms with Gasteiger partial charge in [0.15, 0.2) is 5.69 Å². The number of fused-ring (bicyclic) bond motifs is 1. The zero-order valence-electron chi connectivity index (χ0n) is 6.56. The van der Waals surface area contributed by atoms with E-state index in [9.17, 15) is 13.2 Å². The van der Waals surface area contributed by atoms with E-state index in [4.69, 9.17) is 11.6 Å². The van der Waals surface area contributed by atoms with Crippen LogP contribution in [0.3, 0.4) is 0 Å². The molecule has 0 radical (unpaired) electrons. The highest BCUT2D eigenvalue weighted by Gasteiger charge is 2.35. The van der Waals surface area contributed by atoms with Gasteiger partial charge >= 0.3 is 6.18 Å². The zero-order valence-corrected chi connectivity index (χ0v) is 7.32. The smallest absolute Gasteiger partial charge is 0.266 e. The number of rotatable bonds is 0. The summed E-state index contributed by atoms with van der Waals surface area (Å²) in [5.74, 6) is 0. The van der Waals surface area contributed by atoms with Crippen LogP contribution in [-0.2, 0) is 6.18 Å². The van der Waals surface area contributed by atoms with E-state index in [1.54, 1.807) is 0 Å². The van der Waals surface area contributed by atoms with Crippen molar-refractivity contribution in [1.82, 2.24) is 15.2 Å². The number of alkyl halides is 3. The standard InChI is InChI=1S/C7H3ClF3N3/c8-6-4-3(13-14-6)1-2-12-5(4)7(9,10)11/h1-2H,(H,13,14). The van der Waals surface area contributed by atoms with Gasteiger partial charge in [-0.2, -0.15) is 18.3 Å². The number of aromatic nitrogens is 3. The minimum Gasteiger partial charge on any atom is -0.266 e. The minimum absolute atomic E-state index is 0.150. The van der Waals surface area contributed by atoms with E-state index >= 15 is 0 Å². The Morgan fingerprint density at radius 2 is 2.07 bits per heavy atom. The number of hydrogen-bond donors (Lipinski definition) is 1. The summed E-state index contributed by atoms with van der Waals surface area (Å²) in [6.45, 7) is 0. The molecule has 0 saturated carbocycles. The molecule has 7 heteroatoms. The fourth-order valence-electron chi connectivity index (χ4n) is 1.14. The predicted octanol–water partition coefficient (Wildman–Crippen LogP) is 2.63. The Hall–Kier alpha value is -1.30. The largest absolute Gasteiger partial charge is 0.434 e. The first kappa shape index (κ1) is 9.26. The molecular weight excluding hydrogens is 219 g/mol. The van der Waals surface area contributed by atoms with Crippen LogP contribution in [0.25, 0.3) is 10.9 Å². The maximum absolute atomic E-state index is 12.4. The van der Waals surface area contributed by atoms with E-state index in [2.05, 4.69) is 15.2 Å². The Labute approximate surface area is 80.9 Å². The molecule has 0 spiro atoms. The summed E-state index contributed by atoms with van der Waals surface area (Å²) in [5, 5.41) is 5.51. The van der Waals surface area contributed by atoms with Crippen LogP contribution in [0.4, 0.5) is 13.2 Å². The number of H-pyrrole nitrogens is 1. The molecule has 0 atom stereocenters. The van der Waals surface area contributed by atoms with E-state index in [0.717, 1.165) is 6.20 Å². The lowest BCUT2D eigenvalue weighted by Gasteiger charge is -2.05. The quantitative estimate of drug-likeness (QED) is 0.743. The van der Waals surface area contributed by atoms with Crippen LogP contribution in [0.2, 0.25) is 5.15 Å². The van der Waals surface area contributed by atoms with Gasteiger partial charge in [-0.15, -0.1) is 0 Å². The lowest BCUT2D eigenvalue weighted by molar-refractivity contribution is -0.139. The van der Waals surface area contributed by atoms with Crippen LogP contribution < -0.4 is 0 Å². The summed E-state index contributed by atoms with van der Waals surface area (Å²) < 4.78 is 37.2. The van der Waals surface area contributed by atoms with Crippen molar-refractivity contribution in [2.75, 3.05) is 0 Å². The van der Waals surface area contributed by atoms with E-state index in [-0.39, 0.29) is 16.1 Å². The van der Waals surface area contributed by atoms with E-state index in [0.29, 0.717) is 0 Å². The molecule has 0 bridgehead atoms. The van der Waals surface area contributed by atoms with Crippen molar-refractivity contribution in [1.29, 1.82) is 0 Å². The van der Waals surface area contributed by atoms with Crippen LogP contribution in [0.5, 0.6) is 0 Å². The lowest BCUT2D eigenvalue weighted by Crippen LogP contribution is -2.08. The third-order valence-electron chi connectivity index (χ3n) is 1.69. The van der Waals surface area contributed by atoms with Gasteiger partial charge in [0, 0.05) is 6.20 Å². The molecule has 0 saturated heterocycles. The fourth-order valence-corrected chi connectivity index (χ4v) is 1.37. The maximum Gasteiger partial charge on any atom is 0.434 e. The number of aromatic amines is 1. The van der Waals surface area contributed by atoms with Crippen molar-refractivity contribution in [2.45, 2.75) is 6.18 Å².